The Morgan fingerprint density at radius 2 is 1.88 bits per heavy atom. The molecule has 1 rings (SSSR count). The molecule has 0 aromatic heterocycles. The van der Waals surface area contributed by atoms with Gasteiger partial charge < -0.3 is 5.73 Å². The summed E-state index contributed by atoms with van der Waals surface area (Å²) in [7, 11) is -4.45. The lowest BCUT2D eigenvalue weighted by Gasteiger charge is -2.10. The standard InChI is InChI=1S/C8H7BrF3NO2S/c9-5-1-2-6(13)7(3-5)16(14,15)4-8(10,11)12/h1-3H,4,13H2. The molecule has 0 aliphatic carbocycles. The number of alkyl halides is 3. The molecule has 0 saturated heterocycles. The molecule has 1 aromatic rings. The Morgan fingerprint density at radius 3 is 2.38 bits per heavy atom. The Kier molecular flexibility index (Phi) is 3.53. The molecule has 2 N–H and O–H groups in total. The quantitative estimate of drug-likeness (QED) is 0.852. The molecule has 3 nitrogen and oxygen atoms in total. The summed E-state index contributed by atoms with van der Waals surface area (Å²) in [4.78, 5) is -0.515. The average Bonchev–Trinajstić information content (AvgIpc) is 2.04. The maximum absolute atomic E-state index is 12.0. The number of halogens is 4. The lowest BCUT2D eigenvalue weighted by molar-refractivity contribution is -0.106. The fourth-order valence-corrected chi connectivity index (χ4v) is 2.90. The summed E-state index contributed by atoms with van der Waals surface area (Å²) >= 11 is 2.97. The number of hydrogen-bond donors (Lipinski definition) is 1. The second kappa shape index (κ2) is 4.25. The Balaban J connectivity index is 3.22. The van der Waals surface area contributed by atoms with Crippen LogP contribution in [0.15, 0.2) is 27.6 Å². The highest BCUT2D eigenvalue weighted by Gasteiger charge is 2.36. The molecule has 0 bridgehead atoms. The van der Waals surface area contributed by atoms with Crippen LogP contribution in [0.1, 0.15) is 0 Å². The number of rotatable bonds is 2. The number of sulfone groups is 1. The van der Waals surface area contributed by atoms with E-state index in [4.69, 9.17) is 5.73 Å². The molecule has 90 valence electrons. The van der Waals surface area contributed by atoms with Crippen LogP contribution in [0, 0.1) is 0 Å². The summed E-state index contributed by atoms with van der Waals surface area (Å²) in [5, 5.41) is 0. The van der Waals surface area contributed by atoms with Crippen LogP contribution >= 0.6 is 15.9 Å². The smallest absolute Gasteiger partial charge is 0.398 e. The number of nitrogens with two attached hydrogens (primary N) is 1. The maximum atomic E-state index is 12.0. The van der Waals surface area contributed by atoms with Crippen LogP contribution in [0.2, 0.25) is 0 Å². The Bertz CT molecular complexity index is 498. The van der Waals surface area contributed by atoms with E-state index in [1.54, 1.807) is 0 Å². The summed E-state index contributed by atoms with van der Waals surface area (Å²) < 4.78 is 59.3. The van der Waals surface area contributed by atoms with Gasteiger partial charge in [-0.2, -0.15) is 13.2 Å². The third-order valence-electron chi connectivity index (χ3n) is 1.66. The van der Waals surface area contributed by atoms with Crippen molar-refractivity contribution < 1.29 is 21.6 Å². The van der Waals surface area contributed by atoms with E-state index >= 15 is 0 Å². The van der Waals surface area contributed by atoms with Crippen LogP contribution in [0.3, 0.4) is 0 Å². The largest absolute Gasteiger partial charge is 0.403 e. The number of nitrogen functional groups attached to an aromatic ring is 1. The minimum Gasteiger partial charge on any atom is -0.398 e. The Hall–Kier alpha value is -0.760. The summed E-state index contributed by atoms with van der Waals surface area (Å²) in [5.41, 5.74) is 5.13. The first-order valence-corrected chi connectivity index (χ1v) is 6.41. The van der Waals surface area contributed by atoms with Gasteiger partial charge in [0.25, 0.3) is 0 Å². The molecule has 0 saturated carbocycles. The van der Waals surface area contributed by atoms with Crippen LogP contribution in [0.25, 0.3) is 0 Å². The minimum absolute atomic E-state index is 0.201. The van der Waals surface area contributed by atoms with E-state index in [0.717, 1.165) is 6.07 Å². The molecule has 0 atom stereocenters. The van der Waals surface area contributed by atoms with Gasteiger partial charge in [0.1, 0.15) is 0 Å². The van der Waals surface area contributed by atoms with E-state index in [1.165, 1.54) is 12.1 Å². The molecule has 0 amide bonds. The second-order valence-electron chi connectivity index (χ2n) is 3.06. The molecule has 0 unspecified atom stereocenters. The first-order chi connectivity index (χ1) is 7.12. The van der Waals surface area contributed by atoms with Crippen LogP contribution in [0.4, 0.5) is 18.9 Å². The van der Waals surface area contributed by atoms with Crippen molar-refractivity contribution in [2.75, 3.05) is 11.5 Å². The highest BCUT2D eigenvalue weighted by Crippen LogP contribution is 2.28. The van der Waals surface area contributed by atoms with Crippen molar-refractivity contribution in [1.29, 1.82) is 0 Å². The van der Waals surface area contributed by atoms with Crippen molar-refractivity contribution in [3.63, 3.8) is 0 Å². The van der Waals surface area contributed by atoms with E-state index in [1.807, 2.05) is 0 Å². The Labute approximate surface area is 98.5 Å². The number of hydrogen-bond acceptors (Lipinski definition) is 3. The van der Waals surface area contributed by atoms with Crippen molar-refractivity contribution in [2.45, 2.75) is 11.1 Å². The van der Waals surface area contributed by atoms with Crippen molar-refractivity contribution in [3.05, 3.63) is 22.7 Å². The third-order valence-corrected chi connectivity index (χ3v) is 3.89. The predicted octanol–water partition coefficient (Wildman–Crippen LogP) is 2.37. The van der Waals surface area contributed by atoms with Gasteiger partial charge in [0.2, 0.25) is 0 Å². The molecule has 1 aromatic carbocycles. The Morgan fingerprint density at radius 1 is 1.31 bits per heavy atom. The van der Waals surface area contributed by atoms with Gasteiger partial charge in [0, 0.05) is 4.47 Å². The summed E-state index contributed by atoms with van der Waals surface area (Å²) in [6.45, 7) is 0. The van der Waals surface area contributed by atoms with Crippen molar-refractivity contribution >= 4 is 31.5 Å². The van der Waals surface area contributed by atoms with Gasteiger partial charge in [-0.05, 0) is 18.2 Å². The molecule has 0 heterocycles. The van der Waals surface area contributed by atoms with E-state index < -0.39 is 26.7 Å². The summed E-state index contributed by atoms with van der Waals surface area (Å²) in [6, 6.07) is 3.73. The molecule has 0 aliphatic heterocycles. The minimum atomic E-state index is -4.78. The molecular formula is C8H7BrF3NO2S. The summed E-state index contributed by atoms with van der Waals surface area (Å²) in [5.74, 6) is -1.92. The zero-order chi connectivity index (χ0) is 12.6. The SMILES string of the molecule is Nc1ccc(Br)cc1S(=O)(=O)CC(F)(F)F. The zero-order valence-electron chi connectivity index (χ0n) is 7.75. The first kappa shape index (κ1) is 13.3. The van der Waals surface area contributed by atoms with Gasteiger partial charge in [-0.1, -0.05) is 15.9 Å². The first-order valence-electron chi connectivity index (χ1n) is 3.96. The lowest BCUT2D eigenvalue weighted by atomic mass is 10.3. The average molecular weight is 318 g/mol. The van der Waals surface area contributed by atoms with Crippen LogP contribution in [0.5, 0.6) is 0 Å². The highest BCUT2D eigenvalue weighted by atomic mass is 79.9. The van der Waals surface area contributed by atoms with Gasteiger partial charge >= 0.3 is 6.18 Å². The van der Waals surface area contributed by atoms with E-state index in [2.05, 4.69) is 15.9 Å². The van der Waals surface area contributed by atoms with Crippen LogP contribution in [-0.4, -0.2) is 20.3 Å². The molecular weight excluding hydrogens is 311 g/mol. The monoisotopic (exact) mass is 317 g/mol. The van der Waals surface area contributed by atoms with Crippen molar-refractivity contribution in [1.82, 2.24) is 0 Å². The van der Waals surface area contributed by atoms with E-state index in [9.17, 15) is 21.6 Å². The van der Waals surface area contributed by atoms with Crippen LogP contribution < -0.4 is 5.73 Å². The van der Waals surface area contributed by atoms with E-state index in [0.29, 0.717) is 4.47 Å². The molecule has 0 aliphatic rings. The molecule has 8 heteroatoms. The fraction of sp³-hybridized carbons (Fsp3) is 0.250. The van der Waals surface area contributed by atoms with Gasteiger partial charge in [0.15, 0.2) is 15.6 Å². The predicted molar refractivity (Wildman–Crippen MR) is 56.7 cm³/mol. The topological polar surface area (TPSA) is 60.2 Å². The summed E-state index contributed by atoms with van der Waals surface area (Å²) in [6.07, 6.45) is -4.78. The van der Waals surface area contributed by atoms with Crippen molar-refractivity contribution in [2.24, 2.45) is 0 Å². The number of anilines is 1. The third kappa shape index (κ3) is 3.38. The van der Waals surface area contributed by atoms with E-state index in [-0.39, 0.29) is 5.69 Å². The molecule has 0 spiro atoms. The fourth-order valence-electron chi connectivity index (χ4n) is 1.07. The second-order valence-corrected chi connectivity index (χ2v) is 5.93. The molecule has 0 radical (unpaired) electrons. The van der Waals surface area contributed by atoms with Gasteiger partial charge in [0.05, 0.1) is 10.6 Å². The van der Waals surface area contributed by atoms with Crippen LogP contribution in [-0.2, 0) is 9.84 Å². The molecule has 0 fully saturated rings. The normalized spacial score (nSPS) is 12.8. The van der Waals surface area contributed by atoms with Crippen molar-refractivity contribution in [3.8, 4) is 0 Å². The zero-order valence-corrected chi connectivity index (χ0v) is 10.2. The number of benzene rings is 1. The highest BCUT2D eigenvalue weighted by molar-refractivity contribution is 9.10. The van der Waals surface area contributed by atoms with Gasteiger partial charge in [-0.15, -0.1) is 0 Å². The van der Waals surface area contributed by atoms with Gasteiger partial charge in [-0.3, -0.25) is 0 Å². The maximum Gasteiger partial charge on any atom is 0.403 e. The van der Waals surface area contributed by atoms with Gasteiger partial charge in [-0.25, -0.2) is 8.42 Å². The lowest BCUT2D eigenvalue weighted by Crippen LogP contribution is -2.23. The molecule has 16 heavy (non-hydrogen) atoms.